The molecule has 139 valence electrons. The molecule has 0 aliphatic carbocycles. The summed E-state index contributed by atoms with van der Waals surface area (Å²) in [7, 11) is 3.40. The van der Waals surface area contributed by atoms with Gasteiger partial charge in [-0.05, 0) is 84.8 Å². The van der Waals surface area contributed by atoms with Crippen LogP contribution in [0.1, 0.15) is 40.2 Å². The maximum absolute atomic E-state index is 5.33. The quantitative estimate of drug-likeness (QED) is 0.524. The second-order valence-corrected chi connectivity index (χ2v) is 6.94. The first-order chi connectivity index (χ1) is 13.1. The minimum atomic E-state index is 0.324. The molecule has 0 fully saturated rings. The highest BCUT2D eigenvalue weighted by atomic mass is 16.5. The van der Waals surface area contributed by atoms with Crippen LogP contribution < -0.4 is 9.47 Å². The molecule has 0 saturated heterocycles. The summed E-state index contributed by atoms with van der Waals surface area (Å²) in [6.45, 7) is 4.35. The van der Waals surface area contributed by atoms with Crippen LogP contribution in [0.15, 0.2) is 60.7 Å². The Hall–Kier alpha value is -2.74. The third-order valence-electron chi connectivity index (χ3n) is 5.27. The van der Waals surface area contributed by atoms with Gasteiger partial charge in [-0.15, -0.1) is 0 Å². The van der Waals surface area contributed by atoms with Gasteiger partial charge in [0.2, 0.25) is 0 Å². The zero-order valence-corrected chi connectivity index (χ0v) is 16.6. The van der Waals surface area contributed by atoms with Crippen LogP contribution >= 0.6 is 0 Å². The van der Waals surface area contributed by atoms with Crippen LogP contribution in [0.25, 0.3) is 0 Å². The second-order valence-electron chi connectivity index (χ2n) is 6.94. The summed E-state index contributed by atoms with van der Waals surface area (Å²) in [6, 6.07) is 24.2. The number of benzene rings is 3. The topological polar surface area (TPSA) is 18.5 Å². The monoisotopic (exact) mass is 359 g/mol. The van der Waals surface area contributed by atoms with E-state index in [2.05, 4.69) is 56.3 Å². The van der Waals surface area contributed by atoms with Crippen LogP contribution in [0.4, 0.5) is 0 Å². The molecule has 2 nitrogen and oxygen atoms in total. The SMILES string of the molecule is COc1ccc(C(CCc2c(C)c[c]cc2C)c2ccc(OC)cc2)cc1. The van der Waals surface area contributed by atoms with E-state index in [1.165, 1.54) is 27.8 Å². The Morgan fingerprint density at radius 3 is 1.59 bits per heavy atom. The molecule has 0 spiro atoms. The van der Waals surface area contributed by atoms with Gasteiger partial charge >= 0.3 is 0 Å². The predicted octanol–water partition coefficient (Wildman–Crippen LogP) is 5.89. The van der Waals surface area contributed by atoms with Gasteiger partial charge in [-0.3, -0.25) is 0 Å². The van der Waals surface area contributed by atoms with Crippen LogP contribution in [0.2, 0.25) is 0 Å². The molecular weight excluding hydrogens is 332 g/mol. The zero-order valence-electron chi connectivity index (χ0n) is 16.6. The molecule has 3 aromatic rings. The van der Waals surface area contributed by atoms with Gasteiger partial charge in [0.25, 0.3) is 0 Å². The van der Waals surface area contributed by atoms with Gasteiger partial charge in [0, 0.05) is 5.92 Å². The molecule has 0 N–H and O–H groups in total. The lowest BCUT2D eigenvalue weighted by Gasteiger charge is -2.20. The molecule has 0 bridgehead atoms. The Morgan fingerprint density at radius 1 is 0.741 bits per heavy atom. The summed E-state index contributed by atoms with van der Waals surface area (Å²) in [4.78, 5) is 0. The molecule has 1 radical (unpaired) electrons. The minimum absolute atomic E-state index is 0.324. The first-order valence-corrected chi connectivity index (χ1v) is 9.36. The van der Waals surface area contributed by atoms with Crippen molar-refractivity contribution in [1.82, 2.24) is 0 Å². The summed E-state index contributed by atoms with van der Waals surface area (Å²) in [5.74, 6) is 2.10. The van der Waals surface area contributed by atoms with E-state index in [-0.39, 0.29) is 0 Å². The zero-order chi connectivity index (χ0) is 19.2. The van der Waals surface area contributed by atoms with E-state index < -0.39 is 0 Å². The van der Waals surface area contributed by atoms with Crippen molar-refractivity contribution in [2.24, 2.45) is 0 Å². The van der Waals surface area contributed by atoms with E-state index in [0.717, 1.165) is 24.3 Å². The maximum atomic E-state index is 5.33. The lowest BCUT2D eigenvalue weighted by atomic mass is 9.85. The molecule has 0 heterocycles. The molecule has 2 heteroatoms. The van der Waals surface area contributed by atoms with Gasteiger partial charge in [0.1, 0.15) is 11.5 Å². The highest BCUT2D eigenvalue weighted by molar-refractivity contribution is 5.39. The molecule has 3 aromatic carbocycles. The van der Waals surface area contributed by atoms with Crippen molar-refractivity contribution in [2.45, 2.75) is 32.6 Å². The Morgan fingerprint density at radius 2 is 1.19 bits per heavy atom. The lowest BCUT2D eigenvalue weighted by molar-refractivity contribution is 0.414. The largest absolute Gasteiger partial charge is 0.497 e. The highest BCUT2D eigenvalue weighted by Crippen LogP contribution is 2.32. The summed E-state index contributed by atoms with van der Waals surface area (Å²) in [5, 5.41) is 0. The second kappa shape index (κ2) is 8.77. The molecule has 0 aliphatic heterocycles. The third kappa shape index (κ3) is 4.51. The van der Waals surface area contributed by atoms with Gasteiger partial charge < -0.3 is 9.47 Å². The average Bonchev–Trinajstić information content (AvgIpc) is 2.71. The average molecular weight is 359 g/mol. The molecule has 27 heavy (non-hydrogen) atoms. The molecule has 0 unspecified atom stereocenters. The van der Waals surface area contributed by atoms with E-state index >= 15 is 0 Å². The van der Waals surface area contributed by atoms with Gasteiger partial charge in [-0.1, -0.05) is 36.4 Å². The highest BCUT2D eigenvalue weighted by Gasteiger charge is 2.16. The van der Waals surface area contributed by atoms with Crippen molar-refractivity contribution in [3.05, 3.63) is 94.5 Å². The number of hydrogen-bond acceptors (Lipinski definition) is 2. The Labute approximate surface area is 162 Å². The van der Waals surface area contributed by atoms with Gasteiger partial charge in [0.15, 0.2) is 0 Å². The summed E-state index contributed by atoms with van der Waals surface area (Å²) in [5.41, 5.74) is 6.68. The van der Waals surface area contributed by atoms with Gasteiger partial charge in [0.05, 0.1) is 14.2 Å². The number of hydrogen-bond donors (Lipinski definition) is 0. The molecular formula is C25H27O2. The van der Waals surface area contributed by atoms with Crippen molar-refractivity contribution in [3.63, 3.8) is 0 Å². The van der Waals surface area contributed by atoms with E-state index in [9.17, 15) is 0 Å². The third-order valence-corrected chi connectivity index (χ3v) is 5.27. The molecule has 0 saturated carbocycles. The number of ether oxygens (including phenoxy) is 2. The molecule has 0 aromatic heterocycles. The van der Waals surface area contributed by atoms with Crippen molar-refractivity contribution in [2.75, 3.05) is 14.2 Å². The number of methoxy groups -OCH3 is 2. The van der Waals surface area contributed by atoms with Crippen molar-refractivity contribution in [3.8, 4) is 11.5 Å². The summed E-state index contributed by atoms with van der Waals surface area (Å²) >= 11 is 0. The summed E-state index contributed by atoms with van der Waals surface area (Å²) < 4.78 is 10.7. The van der Waals surface area contributed by atoms with Gasteiger partial charge in [-0.25, -0.2) is 0 Å². The van der Waals surface area contributed by atoms with Crippen LogP contribution in [0.5, 0.6) is 11.5 Å². The molecule has 0 atom stereocenters. The van der Waals surface area contributed by atoms with Crippen molar-refractivity contribution >= 4 is 0 Å². The van der Waals surface area contributed by atoms with E-state index in [4.69, 9.17) is 9.47 Å². The molecule has 0 amide bonds. The van der Waals surface area contributed by atoms with E-state index in [0.29, 0.717) is 5.92 Å². The summed E-state index contributed by atoms with van der Waals surface area (Å²) in [6.07, 6.45) is 2.08. The van der Waals surface area contributed by atoms with Crippen LogP contribution in [-0.4, -0.2) is 14.2 Å². The first-order valence-electron chi connectivity index (χ1n) is 9.36. The number of aryl methyl sites for hydroxylation is 2. The predicted molar refractivity (Wildman–Crippen MR) is 111 cm³/mol. The van der Waals surface area contributed by atoms with Crippen LogP contribution in [-0.2, 0) is 6.42 Å². The van der Waals surface area contributed by atoms with Crippen molar-refractivity contribution in [1.29, 1.82) is 0 Å². The fourth-order valence-corrected chi connectivity index (χ4v) is 3.66. The van der Waals surface area contributed by atoms with Crippen molar-refractivity contribution < 1.29 is 9.47 Å². The fraction of sp³-hybridized carbons (Fsp3) is 0.280. The molecule has 0 aliphatic rings. The fourth-order valence-electron chi connectivity index (χ4n) is 3.66. The number of rotatable bonds is 7. The Balaban J connectivity index is 1.90. The Bertz CT molecular complexity index is 796. The first kappa shape index (κ1) is 19.0. The van der Waals surface area contributed by atoms with E-state index in [1.54, 1.807) is 14.2 Å². The minimum Gasteiger partial charge on any atom is -0.497 e. The molecule has 3 rings (SSSR count). The van der Waals surface area contributed by atoms with Gasteiger partial charge in [-0.2, -0.15) is 0 Å². The van der Waals surface area contributed by atoms with Crippen LogP contribution in [0.3, 0.4) is 0 Å². The van der Waals surface area contributed by atoms with E-state index in [1.807, 2.05) is 24.3 Å². The smallest absolute Gasteiger partial charge is 0.118 e. The Kier molecular flexibility index (Phi) is 6.18. The normalized spacial score (nSPS) is 10.9. The maximum Gasteiger partial charge on any atom is 0.118 e. The standard InChI is InChI=1S/C25H27O2/c1-18-6-5-7-19(2)24(18)16-17-25(20-8-12-22(26-3)13-9-20)21-10-14-23(27-4)15-11-21/h6-15,25H,16-17H2,1-4H3. The lowest BCUT2D eigenvalue weighted by Crippen LogP contribution is -2.05. The van der Waals surface area contributed by atoms with Crippen LogP contribution in [0, 0.1) is 19.9 Å².